The van der Waals surface area contributed by atoms with Crippen molar-refractivity contribution in [3.05, 3.63) is 58.4 Å². The predicted molar refractivity (Wildman–Crippen MR) is 74.3 cm³/mol. The summed E-state index contributed by atoms with van der Waals surface area (Å²) in [6, 6.07) is 10.8. The third kappa shape index (κ3) is 2.74. The van der Waals surface area contributed by atoms with Crippen LogP contribution in [0.15, 0.2) is 36.4 Å². The smallest absolute Gasteiger partial charge is 0.143 e. The van der Waals surface area contributed by atoms with Crippen molar-refractivity contribution >= 4 is 23.0 Å². The quantitative estimate of drug-likeness (QED) is 0.823. The summed E-state index contributed by atoms with van der Waals surface area (Å²) in [5.41, 5.74) is 9.08. The van der Waals surface area contributed by atoms with E-state index in [9.17, 15) is 4.39 Å². The second-order valence-corrected chi connectivity index (χ2v) is 4.54. The molecule has 0 bridgehead atoms. The number of benzene rings is 2. The summed E-state index contributed by atoms with van der Waals surface area (Å²) in [6.45, 7) is 2.66. The number of nitrogens with one attached hydrogen (secondary N) is 1. The molecule has 4 heteroatoms. The van der Waals surface area contributed by atoms with Gasteiger partial charge in [-0.15, -0.1) is 0 Å². The van der Waals surface area contributed by atoms with E-state index >= 15 is 0 Å². The highest BCUT2D eigenvalue weighted by Gasteiger charge is 2.06. The first-order chi connectivity index (χ1) is 8.58. The SMILES string of the molecule is Cc1ccccc1CNc1cc(Cl)c(F)cc1N. The number of aryl methyl sites for hydroxylation is 1. The van der Waals surface area contributed by atoms with Gasteiger partial charge in [-0.05, 0) is 24.1 Å². The van der Waals surface area contributed by atoms with Crippen molar-refractivity contribution in [2.24, 2.45) is 0 Å². The van der Waals surface area contributed by atoms with Gasteiger partial charge in [0.15, 0.2) is 0 Å². The van der Waals surface area contributed by atoms with Gasteiger partial charge in [0.2, 0.25) is 0 Å². The lowest BCUT2D eigenvalue weighted by atomic mass is 10.1. The van der Waals surface area contributed by atoms with E-state index in [1.807, 2.05) is 31.2 Å². The molecule has 0 unspecified atom stereocenters. The topological polar surface area (TPSA) is 38.0 Å². The Kier molecular flexibility index (Phi) is 3.72. The first-order valence-corrected chi connectivity index (χ1v) is 5.98. The molecule has 94 valence electrons. The van der Waals surface area contributed by atoms with E-state index in [1.54, 1.807) is 0 Å². The van der Waals surface area contributed by atoms with Gasteiger partial charge in [0, 0.05) is 12.6 Å². The normalized spacial score (nSPS) is 10.4. The van der Waals surface area contributed by atoms with Gasteiger partial charge in [-0.2, -0.15) is 0 Å². The van der Waals surface area contributed by atoms with Crippen LogP contribution in [0.4, 0.5) is 15.8 Å². The first kappa shape index (κ1) is 12.7. The van der Waals surface area contributed by atoms with Gasteiger partial charge in [-0.3, -0.25) is 0 Å². The molecule has 0 heterocycles. The molecule has 2 nitrogen and oxygen atoms in total. The molecule has 0 spiro atoms. The summed E-state index contributed by atoms with van der Waals surface area (Å²) < 4.78 is 13.1. The monoisotopic (exact) mass is 264 g/mol. The number of hydrogen-bond donors (Lipinski definition) is 2. The third-order valence-corrected chi connectivity index (χ3v) is 3.11. The van der Waals surface area contributed by atoms with Crippen molar-refractivity contribution in [1.82, 2.24) is 0 Å². The molecule has 3 N–H and O–H groups in total. The Bertz CT molecular complexity index is 570. The van der Waals surface area contributed by atoms with Crippen LogP contribution in [0.25, 0.3) is 0 Å². The number of halogens is 2. The zero-order valence-electron chi connectivity index (χ0n) is 10.0. The van der Waals surface area contributed by atoms with E-state index in [0.717, 1.165) is 5.56 Å². The fraction of sp³-hybridized carbons (Fsp3) is 0.143. The second kappa shape index (κ2) is 5.27. The Hall–Kier alpha value is -1.74. The summed E-state index contributed by atoms with van der Waals surface area (Å²) >= 11 is 5.73. The largest absolute Gasteiger partial charge is 0.397 e. The molecule has 0 amide bonds. The van der Waals surface area contributed by atoms with Crippen LogP contribution in [-0.4, -0.2) is 0 Å². The average Bonchev–Trinajstić information content (AvgIpc) is 2.34. The highest BCUT2D eigenvalue weighted by molar-refractivity contribution is 6.31. The van der Waals surface area contributed by atoms with Crippen LogP contribution in [0.3, 0.4) is 0 Å². The number of hydrogen-bond acceptors (Lipinski definition) is 2. The number of rotatable bonds is 3. The highest BCUT2D eigenvalue weighted by Crippen LogP contribution is 2.26. The third-order valence-electron chi connectivity index (χ3n) is 2.82. The lowest BCUT2D eigenvalue weighted by Crippen LogP contribution is -2.04. The highest BCUT2D eigenvalue weighted by atomic mass is 35.5. The minimum absolute atomic E-state index is 0.0662. The zero-order chi connectivity index (χ0) is 13.1. The molecule has 0 saturated heterocycles. The van der Waals surface area contributed by atoms with Gasteiger partial charge < -0.3 is 11.1 Å². The summed E-state index contributed by atoms with van der Waals surface area (Å²) in [6.07, 6.45) is 0. The van der Waals surface area contributed by atoms with Crippen LogP contribution in [0.5, 0.6) is 0 Å². The van der Waals surface area contributed by atoms with Gasteiger partial charge in [-0.25, -0.2) is 4.39 Å². The van der Waals surface area contributed by atoms with E-state index in [0.29, 0.717) is 17.9 Å². The van der Waals surface area contributed by atoms with Crippen LogP contribution in [-0.2, 0) is 6.54 Å². The molecule has 0 aliphatic carbocycles. The summed E-state index contributed by atoms with van der Waals surface area (Å²) in [4.78, 5) is 0. The van der Waals surface area contributed by atoms with Crippen molar-refractivity contribution in [3.8, 4) is 0 Å². The van der Waals surface area contributed by atoms with Crippen LogP contribution in [0, 0.1) is 12.7 Å². The van der Waals surface area contributed by atoms with Crippen molar-refractivity contribution in [3.63, 3.8) is 0 Å². The van der Waals surface area contributed by atoms with Gasteiger partial charge >= 0.3 is 0 Å². The molecule has 0 atom stereocenters. The Balaban J connectivity index is 2.16. The van der Waals surface area contributed by atoms with Crippen LogP contribution in [0.2, 0.25) is 5.02 Å². The minimum Gasteiger partial charge on any atom is -0.397 e. The van der Waals surface area contributed by atoms with Crippen molar-refractivity contribution in [1.29, 1.82) is 0 Å². The molecule has 2 aromatic rings. The molecular weight excluding hydrogens is 251 g/mol. The van der Waals surface area contributed by atoms with Crippen molar-refractivity contribution in [2.45, 2.75) is 13.5 Å². The molecule has 18 heavy (non-hydrogen) atoms. The maximum Gasteiger partial charge on any atom is 0.143 e. The average molecular weight is 265 g/mol. The summed E-state index contributed by atoms with van der Waals surface area (Å²) in [7, 11) is 0. The Labute approximate surface area is 111 Å². The molecule has 0 aliphatic rings. The van der Waals surface area contributed by atoms with E-state index < -0.39 is 5.82 Å². The molecule has 0 fully saturated rings. The Morgan fingerprint density at radius 3 is 2.72 bits per heavy atom. The molecule has 0 saturated carbocycles. The first-order valence-electron chi connectivity index (χ1n) is 5.61. The van der Waals surface area contributed by atoms with E-state index in [1.165, 1.54) is 17.7 Å². The van der Waals surface area contributed by atoms with Crippen molar-refractivity contribution < 1.29 is 4.39 Å². The molecule has 0 aromatic heterocycles. The number of nitrogen functional groups attached to an aromatic ring is 1. The molecule has 2 aromatic carbocycles. The van der Waals surface area contributed by atoms with Crippen LogP contribution in [0.1, 0.15) is 11.1 Å². The Morgan fingerprint density at radius 1 is 1.28 bits per heavy atom. The molecule has 2 rings (SSSR count). The second-order valence-electron chi connectivity index (χ2n) is 4.13. The van der Waals surface area contributed by atoms with Gasteiger partial charge in [-0.1, -0.05) is 35.9 Å². The Morgan fingerprint density at radius 2 is 2.00 bits per heavy atom. The van der Waals surface area contributed by atoms with Crippen molar-refractivity contribution in [2.75, 3.05) is 11.1 Å². The number of nitrogens with two attached hydrogens (primary N) is 1. The maximum absolute atomic E-state index is 13.1. The molecule has 0 aliphatic heterocycles. The van der Waals surface area contributed by atoms with E-state index in [2.05, 4.69) is 5.32 Å². The fourth-order valence-corrected chi connectivity index (χ4v) is 1.88. The summed E-state index contributed by atoms with van der Waals surface area (Å²) in [5, 5.41) is 3.23. The number of anilines is 2. The van der Waals surface area contributed by atoms with E-state index in [4.69, 9.17) is 17.3 Å². The van der Waals surface area contributed by atoms with E-state index in [-0.39, 0.29) is 5.02 Å². The maximum atomic E-state index is 13.1. The predicted octanol–water partition coefficient (Wildman–Crippen LogP) is 3.98. The lowest BCUT2D eigenvalue weighted by molar-refractivity contribution is 0.629. The lowest BCUT2D eigenvalue weighted by Gasteiger charge is -2.11. The minimum atomic E-state index is -0.504. The molecular formula is C14H14ClFN2. The molecule has 0 radical (unpaired) electrons. The zero-order valence-corrected chi connectivity index (χ0v) is 10.8. The van der Waals surface area contributed by atoms with Gasteiger partial charge in [0.1, 0.15) is 5.82 Å². The standard InChI is InChI=1S/C14H14ClFN2/c1-9-4-2-3-5-10(9)8-18-14-6-11(15)12(16)7-13(14)17/h2-7,18H,8,17H2,1H3. The van der Waals surface area contributed by atoms with Crippen LogP contribution < -0.4 is 11.1 Å². The van der Waals surface area contributed by atoms with Gasteiger partial charge in [0.25, 0.3) is 0 Å². The fourth-order valence-electron chi connectivity index (χ4n) is 1.71. The van der Waals surface area contributed by atoms with Crippen LogP contribution >= 0.6 is 11.6 Å². The summed E-state index contributed by atoms with van der Waals surface area (Å²) in [5.74, 6) is -0.504. The van der Waals surface area contributed by atoms with Gasteiger partial charge in [0.05, 0.1) is 16.4 Å².